The average molecular weight is 687 g/mol. The summed E-state index contributed by atoms with van der Waals surface area (Å²) in [6.45, 7) is 21.5. The van der Waals surface area contributed by atoms with Crippen molar-refractivity contribution in [3.05, 3.63) is 37.0 Å². The van der Waals surface area contributed by atoms with Gasteiger partial charge in [-0.25, -0.2) is 0 Å². The second-order valence-electron chi connectivity index (χ2n) is 16.6. The van der Waals surface area contributed by atoms with Gasteiger partial charge in [0, 0.05) is 31.6 Å². The van der Waals surface area contributed by atoms with Gasteiger partial charge in [0.15, 0.2) is 5.79 Å². The molecule has 0 aromatic rings. The van der Waals surface area contributed by atoms with Crippen molar-refractivity contribution in [1.29, 1.82) is 0 Å². The highest BCUT2D eigenvalue weighted by molar-refractivity contribution is 5.14. The van der Waals surface area contributed by atoms with E-state index in [1.807, 2.05) is 6.08 Å². The summed E-state index contributed by atoms with van der Waals surface area (Å²) < 4.78 is 46.5. The van der Waals surface area contributed by atoms with Crippen LogP contribution in [0.15, 0.2) is 37.0 Å². The highest BCUT2D eigenvalue weighted by atomic mass is 16.8. The third-order valence-electron chi connectivity index (χ3n) is 13.4. The maximum absolute atomic E-state index is 10.1. The normalized spacial score (nSPS) is 49.5. The van der Waals surface area contributed by atoms with Gasteiger partial charge in [-0.15, -0.1) is 6.58 Å². The first-order valence-electron chi connectivity index (χ1n) is 19.4. The molecule has 0 aromatic carbocycles. The van der Waals surface area contributed by atoms with Gasteiger partial charge in [0.1, 0.15) is 18.3 Å². The summed E-state index contributed by atoms with van der Waals surface area (Å²) in [5.41, 5.74) is 2.33. The Morgan fingerprint density at radius 3 is 2.37 bits per heavy atom. The third kappa shape index (κ3) is 7.03. The van der Waals surface area contributed by atoms with E-state index in [0.717, 1.165) is 69.8 Å². The molecule has 276 valence electrons. The van der Waals surface area contributed by atoms with Crippen LogP contribution in [0.3, 0.4) is 0 Å². The predicted octanol–water partition coefficient (Wildman–Crippen LogP) is 5.80. The molecule has 2 N–H and O–H groups in total. The number of aliphatic hydroxyl groups excluding tert-OH is 2. The van der Waals surface area contributed by atoms with Crippen molar-refractivity contribution in [1.82, 2.24) is 0 Å². The van der Waals surface area contributed by atoms with Crippen LogP contribution in [0.1, 0.15) is 98.3 Å². The lowest BCUT2D eigenvalue weighted by Gasteiger charge is -2.42. The maximum atomic E-state index is 10.1. The van der Waals surface area contributed by atoms with Crippen molar-refractivity contribution in [2.45, 2.75) is 183 Å². The molecule has 9 heteroatoms. The number of hydrogen-bond donors (Lipinski definition) is 2. The van der Waals surface area contributed by atoms with E-state index in [4.69, 9.17) is 33.2 Å². The molecule has 8 rings (SSSR count). The van der Waals surface area contributed by atoms with Crippen LogP contribution in [-0.4, -0.2) is 102 Å². The standard InChI is InChI=1S/C40H62O9/c1-8-10-31-25(7)36-38-39(46-31)37-35(47-38)19-40(48-36,49-37)14-13-28-16-22(4)30(43-28)12-11-27-15-21(3)23(5)33(44-27)18-34-29(9-2)24(6)32(45-34)17-26(42)20-41/h8,21,24-39,41-42H,1,4-5,9-20H2,2-3,6-7H3/t21-,24-,25+,26+,27?,28?,29-,30+,31+,32-,33-,34?,35-,36+,37+,38+,39+,40-/m1/s1. The van der Waals surface area contributed by atoms with Crippen LogP contribution in [-0.2, 0) is 33.2 Å². The number of rotatable bonds is 14. The summed E-state index contributed by atoms with van der Waals surface area (Å²) in [4.78, 5) is 0. The van der Waals surface area contributed by atoms with Crippen molar-refractivity contribution in [2.24, 2.45) is 23.7 Å². The minimum Gasteiger partial charge on any atom is -0.394 e. The van der Waals surface area contributed by atoms with Gasteiger partial charge in [0.25, 0.3) is 0 Å². The zero-order chi connectivity index (χ0) is 34.6. The monoisotopic (exact) mass is 686 g/mol. The molecule has 18 atom stereocenters. The summed E-state index contributed by atoms with van der Waals surface area (Å²) in [5, 5.41) is 19.5. The lowest BCUT2D eigenvalue weighted by atomic mass is 9.80. The first-order chi connectivity index (χ1) is 23.5. The summed E-state index contributed by atoms with van der Waals surface area (Å²) in [7, 11) is 0. The molecule has 3 unspecified atom stereocenters. The van der Waals surface area contributed by atoms with E-state index >= 15 is 0 Å². The Morgan fingerprint density at radius 1 is 0.857 bits per heavy atom. The first-order valence-corrected chi connectivity index (χ1v) is 19.4. The fraction of sp³-hybridized carbons (Fsp3) is 0.850. The minimum absolute atomic E-state index is 0.0248. The van der Waals surface area contributed by atoms with E-state index in [9.17, 15) is 10.2 Å². The zero-order valence-electron chi connectivity index (χ0n) is 30.3. The van der Waals surface area contributed by atoms with Crippen molar-refractivity contribution >= 4 is 0 Å². The Kier molecular flexibility index (Phi) is 10.9. The van der Waals surface area contributed by atoms with E-state index in [2.05, 4.69) is 47.4 Å². The number of aliphatic hydroxyl groups is 2. The molecule has 0 aromatic heterocycles. The molecule has 6 bridgehead atoms. The van der Waals surface area contributed by atoms with Crippen LogP contribution in [0.4, 0.5) is 0 Å². The van der Waals surface area contributed by atoms with E-state index in [1.54, 1.807) is 0 Å². The van der Waals surface area contributed by atoms with E-state index < -0.39 is 11.9 Å². The molecule has 8 fully saturated rings. The molecule has 8 aliphatic heterocycles. The summed E-state index contributed by atoms with van der Waals surface area (Å²) in [5.74, 6) is 0.644. The Bertz CT molecular complexity index is 1210. The molecule has 0 aliphatic carbocycles. The molecule has 0 saturated carbocycles. The van der Waals surface area contributed by atoms with Crippen molar-refractivity contribution in [3.63, 3.8) is 0 Å². The van der Waals surface area contributed by atoms with Crippen molar-refractivity contribution in [2.75, 3.05) is 6.61 Å². The zero-order valence-corrected chi connectivity index (χ0v) is 30.3. The van der Waals surface area contributed by atoms with Gasteiger partial charge >= 0.3 is 0 Å². The Morgan fingerprint density at radius 2 is 1.61 bits per heavy atom. The molecule has 49 heavy (non-hydrogen) atoms. The largest absolute Gasteiger partial charge is 0.394 e. The Balaban J connectivity index is 0.908. The summed E-state index contributed by atoms with van der Waals surface area (Å²) in [6.07, 6.45) is 10.3. The Hall–Kier alpha value is -1.14. The molecule has 0 radical (unpaired) electrons. The third-order valence-corrected chi connectivity index (χ3v) is 13.4. The van der Waals surface area contributed by atoms with E-state index in [-0.39, 0.29) is 85.8 Å². The summed E-state index contributed by atoms with van der Waals surface area (Å²) in [6, 6.07) is 0. The highest BCUT2D eigenvalue weighted by Gasteiger charge is 2.67. The van der Waals surface area contributed by atoms with Crippen LogP contribution in [0.5, 0.6) is 0 Å². The fourth-order valence-corrected chi connectivity index (χ4v) is 10.4. The van der Waals surface area contributed by atoms with Gasteiger partial charge in [-0.1, -0.05) is 53.3 Å². The SMILES string of the molecule is C=CC[C@@H]1O[C@@H]2[C@H]3O[C@@H]4C[C@@](CCC5CC(=C)[C@H](CCC6C[C@@H](C)C(=C)[C@@H](CC7O[C@H](C[C@H](O)CO)[C@H](C)[C@H]7CC)O6)O5)(O[C@H]24)O[C@H]3[C@H]1C. The van der Waals surface area contributed by atoms with Gasteiger partial charge < -0.3 is 43.4 Å². The van der Waals surface area contributed by atoms with Gasteiger partial charge in [-0.05, 0) is 67.4 Å². The van der Waals surface area contributed by atoms with Gasteiger partial charge in [0.2, 0.25) is 0 Å². The lowest BCUT2D eigenvalue weighted by molar-refractivity contribution is -0.262. The topological polar surface area (TPSA) is 105 Å². The molecular weight excluding hydrogens is 624 g/mol. The predicted molar refractivity (Wildman–Crippen MR) is 185 cm³/mol. The minimum atomic E-state index is -0.747. The quantitative estimate of drug-likeness (QED) is 0.219. The molecule has 9 nitrogen and oxygen atoms in total. The second-order valence-corrected chi connectivity index (χ2v) is 16.6. The molecule has 0 amide bonds. The smallest absolute Gasteiger partial charge is 0.172 e. The van der Waals surface area contributed by atoms with Crippen LogP contribution < -0.4 is 0 Å². The fourth-order valence-electron chi connectivity index (χ4n) is 10.4. The molecule has 8 saturated heterocycles. The van der Waals surface area contributed by atoms with Gasteiger partial charge in [-0.2, -0.15) is 0 Å². The first kappa shape index (κ1) is 36.2. The van der Waals surface area contributed by atoms with Crippen molar-refractivity contribution < 1.29 is 43.4 Å². The van der Waals surface area contributed by atoms with Crippen LogP contribution in [0, 0.1) is 23.7 Å². The van der Waals surface area contributed by atoms with Crippen molar-refractivity contribution in [3.8, 4) is 0 Å². The molecular formula is C40H62O9. The average Bonchev–Trinajstić information content (AvgIpc) is 3.74. The highest BCUT2D eigenvalue weighted by Crippen LogP contribution is 2.54. The van der Waals surface area contributed by atoms with Crippen LogP contribution in [0.25, 0.3) is 0 Å². The number of ether oxygens (including phenoxy) is 7. The Labute approximate surface area is 293 Å². The van der Waals surface area contributed by atoms with Crippen LogP contribution in [0.2, 0.25) is 0 Å². The number of hydrogen-bond acceptors (Lipinski definition) is 9. The molecule has 8 heterocycles. The summed E-state index contributed by atoms with van der Waals surface area (Å²) >= 11 is 0. The van der Waals surface area contributed by atoms with Crippen LogP contribution >= 0.6 is 0 Å². The van der Waals surface area contributed by atoms with Gasteiger partial charge in [-0.3, -0.25) is 0 Å². The second kappa shape index (κ2) is 14.7. The van der Waals surface area contributed by atoms with E-state index in [1.165, 1.54) is 5.57 Å². The molecule has 0 spiro atoms. The maximum Gasteiger partial charge on any atom is 0.172 e. The molecule has 8 aliphatic rings. The van der Waals surface area contributed by atoms with E-state index in [0.29, 0.717) is 24.2 Å². The lowest BCUT2D eigenvalue weighted by Crippen LogP contribution is -2.54. The van der Waals surface area contributed by atoms with Gasteiger partial charge in [0.05, 0.1) is 67.6 Å².